The van der Waals surface area contributed by atoms with Crippen LogP contribution in [0.3, 0.4) is 0 Å². The third-order valence-electron chi connectivity index (χ3n) is 4.80. The van der Waals surface area contributed by atoms with Gasteiger partial charge in [0.25, 0.3) is 0 Å². The normalized spacial score (nSPS) is 14.3. The van der Waals surface area contributed by atoms with E-state index >= 15 is 0 Å². The lowest BCUT2D eigenvalue weighted by atomic mass is 10.0. The Hall–Kier alpha value is -2.67. The highest BCUT2D eigenvalue weighted by Gasteiger charge is 2.14. The predicted molar refractivity (Wildman–Crippen MR) is 107 cm³/mol. The number of nitrogens with one attached hydrogen (secondary N) is 2. The molecule has 1 aliphatic heterocycles. The molecule has 1 aromatic heterocycles. The summed E-state index contributed by atoms with van der Waals surface area (Å²) in [7, 11) is 0. The van der Waals surface area contributed by atoms with E-state index in [1.165, 1.54) is 0 Å². The highest BCUT2D eigenvalue weighted by Crippen LogP contribution is 2.22. The Kier molecular flexibility index (Phi) is 6.59. The van der Waals surface area contributed by atoms with Crippen molar-refractivity contribution >= 4 is 28.8 Å². The zero-order valence-corrected chi connectivity index (χ0v) is 15.9. The minimum Gasteiger partial charge on any atom is -0.378 e. The summed E-state index contributed by atoms with van der Waals surface area (Å²) in [4.78, 5) is 14.4. The van der Waals surface area contributed by atoms with Crippen LogP contribution in [-0.4, -0.2) is 42.4 Å². The molecule has 0 spiro atoms. The standard InChI is InChI=1S/C20H27N5O2/c1-3-15(4-2)20(26)23-17-7-5-16(6-8-17)22-19-13-18(14-21-24-19)25-9-11-27-12-10-25/h5-8,13-15H,3-4,9-12H2,1-2H3,(H,22,24)(H,23,26). The van der Waals surface area contributed by atoms with Crippen molar-refractivity contribution in [3.05, 3.63) is 36.5 Å². The quantitative estimate of drug-likeness (QED) is 0.778. The van der Waals surface area contributed by atoms with Crippen molar-refractivity contribution in [1.82, 2.24) is 10.2 Å². The first kappa shape index (κ1) is 19.1. The molecule has 2 heterocycles. The lowest BCUT2D eigenvalue weighted by molar-refractivity contribution is -0.120. The van der Waals surface area contributed by atoms with Gasteiger partial charge in [-0.1, -0.05) is 13.8 Å². The van der Waals surface area contributed by atoms with Crippen LogP contribution in [0.1, 0.15) is 26.7 Å². The molecule has 7 heteroatoms. The number of ether oxygens (including phenoxy) is 1. The Morgan fingerprint density at radius 1 is 1.15 bits per heavy atom. The lowest BCUT2D eigenvalue weighted by Crippen LogP contribution is -2.36. The summed E-state index contributed by atoms with van der Waals surface area (Å²) in [6.07, 6.45) is 3.47. The van der Waals surface area contributed by atoms with Crippen LogP contribution in [0.4, 0.5) is 22.9 Å². The minimum atomic E-state index is 0.0565. The van der Waals surface area contributed by atoms with Crippen molar-refractivity contribution < 1.29 is 9.53 Å². The van der Waals surface area contributed by atoms with Gasteiger partial charge in [0.05, 0.1) is 25.1 Å². The van der Waals surface area contributed by atoms with Crippen LogP contribution in [0.2, 0.25) is 0 Å². The number of hydrogen-bond acceptors (Lipinski definition) is 6. The number of hydrogen-bond donors (Lipinski definition) is 2. The van der Waals surface area contributed by atoms with Crippen LogP contribution in [0.5, 0.6) is 0 Å². The maximum absolute atomic E-state index is 12.2. The molecule has 0 bridgehead atoms. The van der Waals surface area contributed by atoms with Gasteiger partial charge in [-0.25, -0.2) is 0 Å². The molecule has 0 unspecified atom stereocenters. The van der Waals surface area contributed by atoms with Gasteiger partial charge in [0.2, 0.25) is 5.91 Å². The van der Waals surface area contributed by atoms with E-state index in [1.807, 2.05) is 44.2 Å². The molecule has 0 saturated carbocycles. The average Bonchev–Trinajstić information content (AvgIpc) is 2.71. The third-order valence-corrected chi connectivity index (χ3v) is 4.80. The third kappa shape index (κ3) is 5.17. The van der Waals surface area contributed by atoms with Gasteiger partial charge in [-0.05, 0) is 37.1 Å². The molecule has 3 rings (SSSR count). The van der Waals surface area contributed by atoms with Crippen LogP contribution in [0, 0.1) is 5.92 Å². The number of carbonyl (C=O) groups excluding carboxylic acids is 1. The minimum absolute atomic E-state index is 0.0565. The number of anilines is 4. The number of amides is 1. The average molecular weight is 369 g/mol. The van der Waals surface area contributed by atoms with E-state index in [9.17, 15) is 4.79 Å². The molecule has 0 aliphatic carbocycles. The van der Waals surface area contributed by atoms with Gasteiger partial charge < -0.3 is 20.3 Å². The Morgan fingerprint density at radius 3 is 2.48 bits per heavy atom. The van der Waals surface area contributed by atoms with Gasteiger partial charge in [0.15, 0.2) is 5.82 Å². The van der Waals surface area contributed by atoms with Crippen LogP contribution < -0.4 is 15.5 Å². The molecular weight excluding hydrogens is 342 g/mol. The summed E-state index contributed by atoms with van der Waals surface area (Å²) < 4.78 is 5.39. The zero-order chi connectivity index (χ0) is 19.1. The summed E-state index contributed by atoms with van der Waals surface area (Å²) in [6, 6.07) is 9.61. The fourth-order valence-electron chi connectivity index (χ4n) is 3.10. The van der Waals surface area contributed by atoms with Gasteiger partial charge >= 0.3 is 0 Å². The van der Waals surface area contributed by atoms with E-state index in [2.05, 4.69) is 25.7 Å². The first-order valence-corrected chi connectivity index (χ1v) is 9.53. The summed E-state index contributed by atoms with van der Waals surface area (Å²) in [5.41, 5.74) is 2.72. The zero-order valence-electron chi connectivity index (χ0n) is 15.9. The second-order valence-electron chi connectivity index (χ2n) is 6.60. The number of nitrogens with zero attached hydrogens (tertiary/aromatic N) is 3. The largest absolute Gasteiger partial charge is 0.378 e. The Morgan fingerprint density at radius 2 is 1.81 bits per heavy atom. The van der Waals surface area contributed by atoms with Gasteiger partial charge in [0, 0.05) is 36.4 Å². The smallest absolute Gasteiger partial charge is 0.227 e. The highest BCUT2D eigenvalue weighted by atomic mass is 16.5. The SMILES string of the molecule is CCC(CC)C(=O)Nc1ccc(Nc2cc(N3CCOCC3)cnn2)cc1. The van der Waals surface area contributed by atoms with Gasteiger partial charge in [-0.2, -0.15) is 5.10 Å². The summed E-state index contributed by atoms with van der Waals surface area (Å²) in [5, 5.41) is 14.5. The van der Waals surface area contributed by atoms with Gasteiger partial charge in [0.1, 0.15) is 0 Å². The van der Waals surface area contributed by atoms with Crippen molar-refractivity contribution in [2.45, 2.75) is 26.7 Å². The molecule has 7 nitrogen and oxygen atoms in total. The number of rotatable bonds is 7. The van der Waals surface area contributed by atoms with E-state index < -0.39 is 0 Å². The second-order valence-corrected chi connectivity index (χ2v) is 6.60. The van der Waals surface area contributed by atoms with Crippen molar-refractivity contribution in [2.75, 3.05) is 41.8 Å². The van der Waals surface area contributed by atoms with Gasteiger partial charge in [-0.15, -0.1) is 5.10 Å². The first-order valence-electron chi connectivity index (χ1n) is 9.53. The van der Waals surface area contributed by atoms with Crippen molar-refractivity contribution in [2.24, 2.45) is 5.92 Å². The topological polar surface area (TPSA) is 79.4 Å². The van der Waals surface area contributed by atoms with E-state index in [0.717, 1.165) is 56.2 Å². The van der Waals surface area contributed by atoms with Crippen LogP contribution in [0.15, 0.2) is 36.5 Å². The Labute approximate surface area is 160 Å². The highest BCUT2D eigenvalue weighted by molar-refractivity contribution is 5.92. The van der Waals surface area contributed by atoms with Crippen molar-refractivity contribution in [3.8, 4) is 0 Å². The monoisotopic (exact) mass is 369 g/mol. The summed E-state index contributed by atoms with van der Waals surface area (Å²) in [6.45, 7) is 7.25. The maximum Gasteiger partial charge on any atom is 0.227 e. The predicted octanol–water partition coefficient (Wildman–Crippen LogP) is 3.43. The molecule has 2 N–H and O–H groups in total. The molecule has 0 atom stereocenters. The summed E-state index contributed by atoms with van der Waals surface area (Å²) >= 11 is 0. The van der Waals surface area contributed by atoms with Crippen molar-refractivity contribution in [1.29, 1.82) is 0 Å². The van der Waals surface area contributed by atoms with Crippen LogP contribution in [0.25, 0.3) is 0 Å². The van der Waals surface area contributed by atoms with Crippen molar-refractivity contribution in [3.63, 3.8) is 0 Å². The maximum atomic E-state index is 12.2. The molecule has 1 amide bonds. The van der Waals surface area contributed by atoms with Crippen LogP contribution in [-0.2, 0) is 9.53 Å². The number of morpholine rings is 1. The second kappa shape index (κ2) is 9.32. The van der Waals surface area contributed by atoms with E-state index in [-0.39, 0.29) is 11.8 Å². The molecule has 1 aliphatic rings. The number of carbonyl (C=O) groups is 1. The molecule has 1 aromatic carbocycles. The molecule has 1 saturated heterocycles. The Bertz CT molecular complexity index is 740. The molecule has 144 valence electrons. The number of aromatic nitrogens is 2. The fourth-order valence-corrected chi connectivity index (χ4v) is 3.10. The van der Waals surface area contributed by atoms with Gasteiger partial charge in [-0.3, -0.25) is 4.79 Å². The van der Waals surface area contributed by atoms with E-state index in [0.29, 0.717) is 5.82 Å². The molecule has 27 heavy (non-hydrogen) atoms. The van der Waals surface area contributed by atoms with E-state index in [1.54, 1.807) is 6.20 Å². The molecular formula is C20H27N5O2. The van der Waals surface area contributed by atoms with Crippen LogP contribution >= 0.6 is 0 Å². The van der Waals surface area contributed by atoms with E-state index in [4.69, 9.17) is 4.74 Å². The number of benzene rings is 1. The fraction of sp³-hybridized carbons (Fsp3) is 0.450. The lowest BCUT2D eigenvalue weighted by Gasteiger charge is -2.28. The first-order chi connectivity index (χ1) is 13.2. The molecule has 2 aromatic rings. The molecule has 1 fully saturated rings. The molecule has 0 radical (unpaired) electrons. The Balaban J connectivity index is 1.62. The summed E-state index contributed by atoms with van der Waals surface area (Å²) in [5.74, 6) is 0.818.